The van der Waals surface area contributed by atoms with Crippen LogP contribution >= 0.6 is 15.9 Å². The van der Waals surface area contributed by atoms with Gasteiger partial charge in [0.05, 0.1) is 16.3 Å². The van der Waals surface area contributed by atoms with Crippen molar-refractivity contribution in [2.75, 3.05) is 5.32 Å². The minimum Gasteiger partial charge on any atom is -0.489 e. The SMILES string of the molecule is CC(C)Oc1ccccc1NC(=O)c1ccc(F)c(Br)c1. The fraction of sp³-hybridized carbons (Fsp3) is 0.188. The Kier molecular flexibility index (Phi) is 4.96. The van der Waals surface area contributed by atoms with E-state index in [0.717, 1.165) is 0 Å². The summed E-state index contributed by atoms with van der Waals surface area (Å²) in [5, 5.41) is 2.77. The van der Waals surface area contributed by atoms with Crippen LogP contribution in [0.2, 0.25) is 0 Å². The van der Waals surface area contributed by atoms with Crippen LogP contribution < -0.4 is 10.1 Å². The molecule has 0 spiro atoms. The molecular formula is C16H15BrFNO2. The number of carbonyl (C=O) groups excluding carboxylic acids is 1. The fourth-order valence-electron chi connectivity index (χ4n) is 1.76. The van der Waals surface area contributed by atoms with Crippen LogP contribution in [-0.2, 0) is 0 Å². The van der Waals surface area contributed by atoms with Gasteiger partial charge in [0, 0.05) is 5.56 Å². The Hall–Kier alpha value is -1.88. The number of para-hydroxylation sites is 2. The predicted molar refractivity (Wildman–Crippen MR) is 84.3 cm³/mol. The Balaban J connectivity index is 2.21. The van der Waals surface area contributed by atoms with E-state index in [1.165, 1.54) is 18.2 Å². The van der Waals surface area contributed by atoms with E-state index in [0.29, 0.717) is 17.0 Å². The van der Waals surface area contributed by atoms with Crippen LogP contribution in [0.5, 0.6) is 5.75 Å². The first-order valence-electron chi connectivity index (χ1n) is 6.49. The van der Waals surface area contributed by atoms with Crippen molar-refractivity contribution in [1.29, 1.82) is 0 Å². The molecule has 0 radical (unpaired) electrons. The number of rotatable bonds is 4. The Bertz CT molecular complexity index is 658. The fourth-order valence-corrected chi connectivity index (χ4v) is 2.14. The summed E-state index contributed by atoms with van der Waals surface area (Å²) in [5.74, 6) is -0.132. The highest BCUT2D eigenvalue weighted by atomic mass is 79.9. The van der Waals surface area contributed by atoms with E-state index in [1.807, 2.05) is 26.0 Å². The number of benzene rings is 2. The second-order valence-electron chi connectivity index (χ2n) is 4.75. The molecule has 2 aromatic rings. The van der Waals surface area contributed by atoms with Gasteiger partial charge in [0.15, 0.2) is 0 Å². The molecule has 5 heteroatoms. The second kappa shape index (κ2) is 6.72. The Morgan fingerprint density at radius 2 is 1.95 bits per heavy atom. The van der Waals surface area contributed by atoms with Gasteiger partial charge < -0.3 is 10.1 Å². The lowest BCUT2D eigenvalue weighted by atomic mass is 10.2. The summed E-state index contributed by atoms with van der Waals surface area (Å²) >= 11 is 3.07. The van der Waals surface area contributed by atoms with Gasteiger partial charge in [-0.25, -0.2) is 4.39 Å². The average Bonchev–Trinajstić information content (AvgIpc) is 2.43. The van der Waals surface area contributed by atoms with E-state index in [9.17, 15) is 9.18 Å². The molecule has 0 heterocycles. The third kappa shape index (κ3) is 4.04. The Labute approximate surface area is 131 Å². The van der Waals surface area contributed by atoms with E-state index < -0.39 is 5.82 Å². The number of hydrogen-bond acceptors (Lipinski definition) is 2. The summed E-state index contributed by atoms with van der Waals surface area (Å²) < 4.78 is 19.1. The van der Waals surface area contributed by atoms with E-state index in [4.69, 9.17) is 4.74 Å². The average molecular weight is 352 g/mol. The molecule has 3 nitrogen and oxygen atoms in total. The molecule has 0 unspecified atom stereocenters. The van der Waals surface area contributed by atoms with Crippen LogP contribution in [0.3, 0.4) is 0 Å². The molecule has 0 bridgehead atoms. The molecular weight excluding hydrogens is 337 g/mol. The number of nitrogens with one attached hydrogen (secondary N) is 1. The summed E-state index contributed by atoms with van der Waals surface area (Å²) in [6.45, 7) is 3.82. The quantitative estimate of drug-likeness (QED) is 0.872. The number of anilines is 1. The Morgan fingerprint density at radius 3 is 2.62 bits per heavy atom. The zero-order valence-electron chi connectivity index (χ0n) is 11.7. The van der Waals surface area contributed by atoms with Crippen LogP contribution in [0.4, 0.5) is 10.1 Å². The largest absolute Gasteiger partial charge is 0.489 e. The van der Waals surface area contributed by atoms with Crippen molar-refractivity contribution in [2.45, 2.75) is 20.0 Å². The van der Waals surface area contributed by atoms with Gasteiger partial charge in [-0.2, -0.15) is 0 Å². The zero-order valence-corrected chi connectivity index (χ0v) is 13.3. The zero-order chi connectivity index (χ0) is 15.4. The van der Waals surface area contributed by atoms with Crippen molar-refractivity contribution < 1.29 is 13.9 Å². The maximum absolute atomic E-state index is 13.2. The monoisotopic (exact) mass is 351 g/mol. The van der Waals surface area contributed by atoms with Gasteiger partial charge in [-0.3, -0.25) is 4.79 Å². The van der Waals surface area contributed by atoms with E-state index >= 15 is 0 Å². The van der Waals surface area contributed by atoms with Gasteiger partial charge in [0.2, 0.25) is 0 Å². The number of amides is 1. The van der Waals surface area contributed by atoms with Gasteiger partial charge in [0.1, 0.15) is 11.6 Å². The van der Waals surface area contributed by atoms with Gasteiger partial charge in [-0.1, -0.05) is 12.1 Å². The molecule has 21 heavy (non-hydrogen) atoms. The molecule has 1 N–H and O–H groups in total. The smallest absolute Gasteiger partial charge is 0.255 e. The molecule has 2 aromatic carbocycles. The van der Waals surface area contributed by atoms with Crippen molar-refractivity contribution in [3.63, 3.8) is 0 Å². The molecule has 0 aromatic heterocycles. The third-order valence-electron chi connectivity index (χ3n) is 2.68. The summed E-state index contributed by atoms with van der Waals surface area (Å²) in [6, 6.07) is 11.3. The predicted octanol–water partition coefficient (Wildman–Crippen LogP) is 4.63. The van der Waals surface area contributed by atoms with Crippen LogP contribution in [0.15, 0.2) is 46.9 Å². The maximum atomic E-state index is 13.2. The molecule has 0 saturated heterocycles. The molecule has 0 aliphatic heterocycles. The second-order valence-corrected chi connectivity index (χ2v) is 5.60. The van der Waals surface area contributed by atoms with Gasteiger partial charge in [-0.05, 0) is 60.1 Å². The molecule has 0 aliphatic rings. The number of halogens is 2. The van der Waals surface area contributed by atoms with Crippen molar-refractivity contribution in [3.05, 3.63) is 58.3 Å². The third-order valence-corrected chi connectivity index (χ3v) is 3.29. The lowest BCUT2D eigenvalue weighted by molar-refractivity contribution is 0.102. The molecule has 0 fully saturated rings. The number of hydrogen-bond donors (Lipinski definition) is 1. The minimum absolute atomic E-state index is 0.00279. The van der Waals surface area contributed by atoms with Crippen LogP contribution in [0.25, 0.3) is 0 Å². The molecule has 2 rings (SSSR count). The van der Waals surface area contributed by atoms with Crippen molar-refractivity contribution in [3.8, 4) is 5.75 Å². The summed E-state index contributed by atoms with van der Waals surface area (Å²) in [5.41, 5.74) is 0.944. The van der Waals surface area contributed by atoms with Crippen LogP contribution in [0, 0.1) is 5.82 Å². The summed E-state index contributed by atoms with van der Waals surface area (Å²) in [6.07, 6.45) is 0.00279. The summed E-state index contributed by atoms with van der Waals surface area (Å²) in [7, 11) is 0. The highest BCUT2D eigenvalue weighted by Gasteiger charge is 2.12. The highest BCUT2D eigenvalue weighted by Crippen LogP contribution is 2.26. The number of carbonyl (C=O) groups is 1. The summed E-state index contributed by atoms with van der Waals surface area (Å²) in [4.78, 5) is 12.2. The first-order chi connectivity index (χ1) is 9.97. The van der Waals surface area contributed by atoms with Gasteiger partial charge in [0.25, 0.3) is 5.91 Å². The molecule has 0 saturated carbocycles. The first kappa shape index (κ1) is 15.5. The highest BCUT2D eigenvalue weighted by molar-refractivity contribution is 9.10. The van der Waals surface area contributed by atoms with E-state index in [1.54, 1.807) is 12.1 Å². The van der Waals surface area contributed by atoms with Crippen molar-refractivity contribution in [1.82, 2.24) is 0 Å². The lowest BCUT2D eigenvalue weighted by Crippen LogP contribution is -2.14. The first-order valence-corrected chi connectivity index (χ1v) is 7.28. The van der Waals surface area contributed by atoms with Crippen molar-refractivity contribution >= 4 is 27.5 Å². The van der Waals surface area contributed by atoms with E-state index in [-0.39, 0.29) is 16.5 Å². The van der Waals surface area contributed by atoms with Crippen LogP contribution in [-0.4, -0.2) is 12.0 Å². The molecule has 1 amide bonds. The van der Waals surface area contributed by atoms with E-state index in [2.05, 4.69) is 21.2 Å². The standard InChI is InChI=1S/C16H15BrFNO2/c1-10(2)21-15-6-4-3-5-14(15)19-16(20)11-7-8-13(18)12(17)9-11/h3-10H,1-2H3,(H,19,20). The maximum Gasteiger partial charge on any atom is 0.255 e. The van der Waals surface area contributed by atoms with Gasteiger partial charge in [-0.15, -0.1) is 0 Å². The topological polar surface area (TPSA) is 38.3 Å². The van der Waals surface area contributed by atoms with Crippen molar-refractivity contribution in [2.24, 2.45) is 0 Å². The molecule has 0 atom stereocenters. The molecule has 0 aliphatic carbocycles. The number of ether oxygens (including phenoxy) is 1. The normalized spacial score (nSPS) is 10.5. The molecule has 110 valence electrons. The minimum atomic E-state index is -0.407. The Morgan fingerprint density at radius 1 is 1.24 bits per heavy atom. The lowest BCUT2D eigenvalue weighted by Gasteiger charge is -2.14. The van der Waals surface area contributed by atoms with Gasteiger partial charge >= 0.3 is 0 Å². The van der Waals surface area contributed by atoms with Crippen LogP contribution in [0.1, 0.15) is 24.2 Å².